The van der Waals surface area contributed by atoms with Crippen LogP contribution in [0.1, 0.15) is 32.3 Å². The predicted molar refractivity (Wildman–Crippen MR) is 80.2 cm³/mol. The minimum absolute atomic E-state index is 0.0282. The maximum Gasteiger partial charge on any atom is 0.165 e. The fourth-order valence-electron chi connectivity index (χ4n) is 2.21. The summed E-state index contributed by atoms with van der Waals surface area (Å²) in [6.45, 7) is 3.57. The van der Waals surface area contributed by atoms with Gasteiger partial charge in [0.1, 0.15) is 5.78 Å². The molecule has 2 rings (SSSR count). The number of carbonyl (C=O) groups is 2. The number of ketones is 2. The molecule has 1 aromatic carbocycles. The van der Waals surface area contributed by atoms with Crippen molar-refractivity contribution in [2.75, 3.05) is 7.11 Å². The molecule has 0 radical (unpaired) electrons. The second-order valence-corrected chi connectivity index (χ2v) is 5.81. The topological polar surface area (TPSA) is 63.6 Å². The van der Waals surface area contributed by atoms with Crippen molar-refractivity contribution >= 4 is 17.6 Å². The molecule has 0 amide bonds. The van der Waals surface area contributed by atoms with E-state index in [1.807, 2.05) is 6.92 Å². The molecule has 0 aromatic heterocycles. The highest BCUT2D eigenvalue weighted by molar-refractivity contribution is 6.10. The standard InChI is InChI=1S/C17H20O4/c1-11(16(20)17(2)8-9-17)13(18)6-4-12-5-7-14(19)15(10-12)21-3/h4-7,10-11,19H,8-9H2,1-3H3. The summed E-state index contributed by atoms with van der Waals surface area (Å²) in [5.41, 5.74) is 0.445. The largest absolute Gasteiger partial charge is 0.504 e. The van der Waals surface area contributed by atoms with Crippen molar-refractivity contribution in [2.45, 2.75) is 26.7 Å². The van der Waals surface area contributed by atoms with E-state index in [0.29, 0.717) is 5.75 Å². The molecule has 4 heteroatoms. The van der Waals surface area contributed by atoms with E-state index in [1.54, 1.807) is 25.1 Å². The van der Waals surface area contributed by atoms with Gasteiger partial charge in [0.15, 0.2) is 17.3 Å². The van der Waals surface area contributed by atoms with Gasteiger partial charge >= 0.3 is 0 Å². The fourth-order valence-corrected chi connectivity index (χ4v) is 2.21. The summed E-state index contributed by atoms with van der Waals surface area (Å²) in [5.74, 6) is -0.376. The summed E-state index contributed by atoms with van der Waals surface area (Å²) in [7, 11) is 1.46. The van der Waals surface area contributed by atoms with Gasteiger partial charge < -0.3 is 9.84 Å². The molecule has 0 heterocycles. The van der Waals surface area contributed by atoms with E-state index in [0.717, 1.165) is 18.4 Å². The Bertz CT molecular complexity index is 597. The van der Waals surface area contributed by atoms with Crippen LogP contribution >= 0.6 is 0 Å². The highest BCUT2D eigenvalue weighted by Crippen LogP contribution is 2.47. The molecule has 1 unspecified atom stereocenters. The highest BCUT2D eigenvalue weighted by atomic mass is 16.5. The summed E-state index contributed by atoms with van der Waals surface area (Å²) in [5, 5.41) is 9.51. The number of aromatic hydroxyl groups is 1. The van der Waals surface area contributed by atoms with Gasteiger partial charge in [0.05, 0.1) is 13.0 Å². The van der Waals surface area contributed by atoms with Crippen molar-refractivity contribution < 1.29 is 19.4 Å². The second-order valence-electron chi connectivity index (χ2n) is 5.81. The molecule has 4 nitrogen and oxygen atoms in total. The Labute approximate surface area is 124 Å². The van der Waals surface area contributed by atoms with Crippen LogP contribution in [0.4, 0.5) is 0 Å². The number of phenols is 1. The van der Waals surface area contributed by atoms with Crippen molar-refractivity contribution in [2.24, 2.45) is 11.3 Å². The summed E-state index contributed by atoms with van der Waals surface area (Å²) in [4.78, 5) is 24.2. The Morgan fingerprint density at radius 1 is 1.38 bits per heavy atom. The van der Waals surface area contributed by atoms with Crippen LogP contribution in [-0.4, -0.2) is 23.8 Å². The van der Waals surface area contributed by atoms with Crippen molar-refractivity contribution in [3.8, 4) is 11.5 Å². The van der Waals surface area contributed by atoms with Crippen LogP contribution < -0.4 is 4.74 Å². The lowest BCUT2D eigenvalue weighted by Gasteiger charge is -2.12. The van der Waals surface area contributed by atoms with Gasteiger partial charge in [-0.3, -0.25) is 9.59 Å². The number of Topliss-reactive ketones (excluding diaryl/α,β-unsaturated/α-hetero) is 1. The van der Waals surface area contributed by atoms with Gasteiger partial charge in [-0.1, -0.05) is 19.1 Å². The first kappa shape index (κ1) is 15.3. The summed E-state index contributed by atoms with van der Waals surface area (Å²) >= 11 is 0. The third kappa shape index (κ3) is 3.32. The molecule has 1 fully saturated rings. The van der Waals surface area contributed by atoms with Gasteiger partial charge in [-0.2, -0.15) is 0 Å². The number of methoxy groups -OCH3 is 1. The number of phenolic OH excluding ortho intramolecular Hbond substituents is 1. The first-order valence-corrected chi connectivity index (χ1v) is 7.00. The molecule has 0 saturated heterocycles. The van der Waals surface area contributed by atoms with Crippen LogP contribution in [0.2, 0.25) is 0 Å². The Morgan fingerprint density at radius 3 is 2.62 bits per heavy atom. The Kier molecular flexibility index (Phi) is 4.16. The zero-order chi connectivity index (χ0) is 15.6. The SMILES string of the molecule is COc1cc(C=CC(=O)C(C)C(=O)C2(C)CC2)ccc1O. The van der Waals surface area contributed by atoms with E-state index in [-0.39, 0.29) is 22.7 Å². The molecule has 1 aromatic rings. The van der Waals surface area contributed by atoms with Crippen molar-refractivity contribution in [3.63, 3.8) is 0 Å². The number of hydrogen-bond donors (Lipinski definition) is 1. The maximum absolute atomic E-state index is 12.1. The fraction of sp³-hybridized carbons (Fsp3) is 0.412. The average molecular weight is 288 g/mol. The second kappa shape index (κ2) is 5.72. The van der Waals surface area contributed by atoms with E-state index in [1.165, 1.54) is 19.3 Å². The Hall–Kier alpha value is -2.10. The minimum atomic E-state index is -0.604. The first-order valence-electron chi connectivity index (χ1n) is 7.00. The zero-order valence-corrected chi connectivity index (χ0v) is 12.6. The lowest BCUT2D eigenvalue weighted by atomic mass is 9.89. The first-order chi connectivity index (χ1) is 9.87. The molecular weight excluding hydrogens is 268 g/mol. The van der Waals surface area contributed by atoms with Crippen molar-refractivity contribution in [1.29, 1.82) is 0 Å². The monoisotopic (exact) mass is 288 g/mol. The average Bonchev–Trinajstić information content (AvgIpc) is 3.23. The summed E-state index contributed by atoms with van der Waals surface area (Å²) < 4.78 is 5.01. The highest BCUT2D eigenvalue weighted by Gasteiger charge is 2.47. The van der Waals surface area contributed by atoms with Gasteiger partial charge in [0, 0.05) is 5.41 Å². The molecule has 1 saturated carbocycles. The molecule has 0 bridgehead atoms. The molecule has 1 atom stereocenters. The normalized spacial score (nSPS) is 17.5. The van der Waals surface area contributed by atoms with Crippen LogP contribution in [0.25, 0.3) is 6.08 Å². The van der Waals surface area contributed by atoms with Crippen LogP contribution in [-0.2, 0) is 9.59 Å². The third-order valence-electron chi connectivity index (χ3n) is 4.06. The van der Waals surface area contributed by atoms with Crippen LogP contribution in [0.3, 0.4) is 0 Å². The van der Waals surface area contributed by atoms with Gasteiger partial charge in [0.2, 0.25) is 0 Å². The van der Waals surface area contributed by atoms with Crippen molar-refractivity contribution in [3.05, 3.63) is 29.8 Å². The van der Waals surface area contributed by atoms with Crippen molar-refractivity contribution in [1.82, 2.24) is 0 Å². The van der Waals surface area contributed by atoms with E-state index in [2.05, 4.69) is 0 Å². The quantitative estimate of drug-likeness (QED) is 0.645. The number of carbonyl (C=O) groups excluding carboxylic acids is 2. The molecular formula is C17H20O4. The lowest BCUT2D eigenvalue weighted by molar-refractivity contribution is -0.132. The van der Waals surface area contributed by atoms with Crippen LogP contribution in [0, 0.1) is 11.3 Å². The molecule has 21 heavy (non-hydrogen) atoms. The van der Waals surface area contributed by atoms with Gasteiger partial charge in [-0.05, 0) is 43.5 Å². The van der Waals surface area contributed by atoms with Crippen LogP contribution in [0.5, 0.6) is 11.5 Å². The molecule has 0 spiro atoms. The minimum Gasteiger partial charge on any atom is -0.504 e. The molecule has 1 aliphatic carbocycles. The van der Waals surface area contributed by atoms with Crippen LogP contribution in [0.15, 0.2) is 24.3 Å². The Balaban J connectivity index is 2.06. The number of allylic oxidation sites excluding steroid dienone is 1. The third-order valence-corrected chi connectivity index (χ3v) is 4.06. The number of ether oxygens (including phenoxy) is 1. The van der Waals surface area contributed by atoms with E-state index in [4.69, 9.17) is 4.74 Å². The maximum atomic E-state index is 12.1. The number of benzene rings is 1. The zero-order valence-electron chi connectivity index (χ0n) is 12.6. The number of hydrogen-bond acceptors (Lipinski definition) is 4. The van der Waals surface area contributed by atoms with E-state index >= 15 is 0 Å². The van der Waals surface area contributed by atoms with Gasteiger partial charge in [0.25, 0.3) is 0 Å². The lowest BCUT2D eigenvalue weighted by Crippen LogP contribution is -2.26. The van der Waals surface area contributed by atoms with E-state index < -0.39 is 5.92 Å². The van der Waals surface area contributed by atoms with E-state index in [9.17, 15) is 14.7 Å². The smallest absolute Gasteiger partial charge is 0.165 e. The predicted octanol–water partition coefficient (Wildman–Crippen LogP) is 2.99. The summed E-state index contributed by atoms with van der Waals surface area (Å²) in [6, 6.07) is 4.81. The van der Waals surface area contributed by atoms with Gasteiger partial charge in [-0.15, -0.1) is 0 Å². The van der Waals surface area contributed by atoms with Gasteiger partial charge in [-0.25, -0.2) is 0 Å². The number of rotatable bonds is 6. The molecule has 1 N–H and O–H groups in total. The molecule has 1 aliphatic rings. The molecule has 112 valence electrons. The summed E-state index contributed by atoms with van der Waals surface area (Å²) in [6.07, 6.45) is 4.80. The Morgan fingerprint density at radius 2 is 2.05 bits per heavy atom. The molecule has 0 aliphatic heterocycles.